The molecule has 0 unspecified atom stereocenters. The maximum atomic E-state index is 12.6. The van der Waals surface area contributed by atoms with E-state index in [0.29, 0.717) is 18.2 Å². The smallest absolute Gasteiger partial charge is 0.267 e. The maximum Gasteiger partial charge on any atom is 0.267 e. The van der Waals surface area contributed by atoms with E-state index < -0.39 is 0 Å². The summed E-state index contributed by atoms with van der Waals surface area (Å²) in [5.74, 6) is 0.532. The van der Waals surface area contributed by atoms with E-state index in [1.54, 1.807) is 28.3 Å². The predicted molar refractivity (Wildman–Crippen MR) is 95.8 cm³/mol. The van der Waals surface area contributed by atoms with Crippen molar-refractivity contribution in [3.8, 4) is 0 Å². The first-order valence-electron chi connectivity index (χ1n) is 7.71. The van der Waals surface area contributed by atoms with Crippen molar-refractivity contribution >= 4 is 23.4 Å². The largest absolute Gasteiger partial charge is 0.378 e. The molecule has 2 aromatic rings. The Hall–Kier alpha value is -2.28. The monoisotopic (exact) mass is 344 g/mol. The Bertz CT molecular complexity index is 814. The van der Waals surface area contributed by atoms with Gasteiger partial charge in [-0.2, -0.15) is 0 Å². The Labute approximate surface area is 145 Å². The van der Waals surface area contributed by atoms with Crippen LogP contribution in [0.2, 0.25) is 0 Å². The van der Waals surface area contributed by atoms with Crippen LogP contribution in [-0.2, 0) is 13.1 Å². The van der Waals surface area contributed by atoms with E-state index in [-0.39, 0.29) is 17.0 Å². The van der Waals surface area contributed by atoms with Crippen LogP contribution in [0.4, 0.5) is 5.69 Å². The van der Waals surface area contributed by atoms with Crippen molar-refractivity contribution in [2.45, 2.75) is 18.2 Å². The number of carbonyl (C=O) groups excluding carboxylic acids is 1. The van der Waals surface area contributed by atoms with Crippen LogP contribution in [0.5, 0.6) is 0 Å². The predicted octanol–water partition coefficient (Wildman–Crippen LogP) is 1.69. The number of amides is 1. The van der Waals surface area contributed by atoms with Crippen LogP contribution in [-0.4, -0.2) is 47.3 Å². The molecule has 3 rings (SSSR count). The molecule has 0 saturated heterocycles. The normalized spacial score (nSPS) is 12.8. The first kappa shape index (κ1) is 16.6. The van der Waals surface area contributed by atoms with Gasteiger partial charge in [-0.25, -0.2) is 4.98 Å². The van der Waals surface area contributed by atoms with Crippen molar-refractivity contribution in [3.05, 3.63) is 51.9 Å². The van der Waals surface area contributed by atoms with E-state index in [2.05, 4.69) is 4.98 Å². The van der Waals surface area contributed by atoms with Gasteiger partial charge in [0.05, 0.1) is 0 Å². The molecular weight excluding hydrogens is 324 g/mol. The van der Waals surface area contributed by atoms with Crippen LogP contribution in [0.25, 0.3) is 0 Å². The van der Waals surface area contributed by atoms with E-state index in [1.165, 1.54) is 6.20 Å². The summed E-state index contributed by atoms with van der Waals surface area (Å²) in [7, 11) is 5.67. The minimum atomic E-state index is -0.295. The molecule has 0 spiro atoms. The molecule has 2 heterocycles. The summed E-state index contributed by atoms with van der Waals surface area (Å²) >= 11 is 1.54. The molecule has 1 aromatic heterocycles. The van der Waals surface area contributed by atoms with E-state index in [9.17, 15) is 9.59 Å². The van der Waals surface area contributed by atoms with Crippen LogP contribution < -0.4 is 10.5 Å². The van der Waals surface area contributed by atoms with Crippen LogP contribution in [0.15, 0.2) is 40.4 Å². The Kier molecular flexibility index (Phi) is 4.62. The van der Waals surface area contributed by atoms with Crippen molar-refractivity contribution in [2.75, 3.05) is 31.8 Å². The van der Waals surface area contributed by atoms with Gasteiger partial charge < -0.3 is 9.80 Å². The number of hydrogen-bond acceptors (Lipinski definition) is 5. The van der Waals surface area contributed by atoms with Crippen molar-refractivity contribution in [3.63, 3.8) is 0 Å². The topological polar surface area (TPSA) is 58.4 Å². The molecule has 0 atom stereocenters. The van der Waals surface area contributed by atoms with Gasteiger partial charge in [-0.15, -0.1) is 0 Å². The number of rotatable bonds is 4. The third-order valence-corrected chi connectivity index (χ3v) is 4.98. The van der Waals surface area contributed by atoms with Gasteiger partial charge >= 0.3 is 0 Å². The van der Waals surface area contributed by atoms with Gasteiger partial charge in [0.2, 0.25) is 0 Å². The maximum absolute atomic E-state index is 12.6. The van der Waals surface area contributed by atoms with E-state index in [4.69, 9.17) is 0 Å². The second-order valence-electron chi connectivity index (χ2n) is 5.98. The zero-order valence-electron chi connectivity index (χ0n) is 14.0. The summed E-state index contributed by atoms with van der Waals surface area (Å²) < 4.78 is 1.58. The molecule has 1 aliphatic rings. The van der Waals surface area contributed by atoms with Crippen LogP contribution in [0.3, 0.4) is 0 Å². The Morgan fingerprint density at radius 1 is 1.25 bits per heavy atom. The quantitative estimate of drug-likeness (QED) is 0.790. The molecule has 0 aliphatic carbocycles. The second-order valence-corrected chi connectivity index (χ2v) is 7.04. The Morgan fingerprint density at radius 3 is 2.62 bits per heavy atom. The third-order valence-electron chi connectivity index (χ3n) is 4.01. The highest BCUT2D eigenvalue weighted by molar-refractivity contribution is 7.99. The summed E-state index contributed by atoms with van der Waals surface area (Å²) in [6.07, 6.45) is 1.40. The number of anilines is 1. The molecule has 24 heavy (non-hydrogen) atoms. The highest BCUT2D eigenvalue weighted by Crippen LogP contribution is 2.21. The van der Waals surface area contributed by atoms with Crippen LogP contribution in [0, 0.1) is 0 Å². The third kappa shape index (κ3) is 3.17. The molecule has 0 radical (unpaired) electrons. The van der Waals surface area contributed by atoms with Crippen molar-refractivity contribution in [2.24, 2.45) is 0 Å². The van der Waals surface area contributed by atoms with Crippen molar-refractivity contribution in [1.82, 2.24) is 14.5 Å². The molecule has 0 fully saturated rings. The molecule has 6 nitrogen and oxygen atoms in total. The summed E-state index contributed by atoms with van der Waals surface area (Å²) in [5.41, 5.74) is 2.01. The molecule has 1 aromatic carbocycles. The van der Waals surface area contributed by atoms with Gasteiger partial charge in [-0.1, -0.05) is 23.9 Å². The average molecular weight is 344 g/mol. The summed E-state index contributed by atoms with van der Waals surface area (Å²) in [6, 6.07) is 8.00. The van der Waals surface area contributed by atoms with Gasteiger partial charge in [0.25, 0.3) is 11.5 Å². The lowest BCUT2D eigenvalue weighted by molar-refractivity contribution is 0.0781. The van der Waals surface area contributed by atoms with E-state index in [1.807, 2.05) is 43.3 Å². The fraction of sp³-hybridized carbons (Fsp3) is 0.353. The number of thioether (sulfide) groups is 1. The molecule has 1 aliphatic heterocycles. The van der Waals surface area contributed by atoms with E-state index in [0.717, 1.165) is 17.0 Å². The minimum absolute atomic E-state index is 0.133. The molecular formula is C17H20N4O2S. The van der Waals surface area contributed by atoms with Gasteiger partial charge in [0.15, 0.2) is 5.16 Å². The lowest BCUT2D eigenvalue weighted by atomic mass is 10.2. The van der Waals surface area contributed by atoms with Crippen LogP contribution in [0.1, 0.15) is 15.9 Å². The molecule has 0 bridgehead atoms. The van der Waals surface area contributed by atoms with Gasteiger partial charge in [-0.05, 0) is 17.7 Å². The van der Waals surface area contributed by atoms with Gasteiger partial charge in [0, 0.05) is 51.9 Å². The number of aromatic nitrogens is 2. The zero-order chi connectivity index (χ0) is 17.3. The average Bonchev–Trinajstić information content (AvgIpc) is 3.04. The highest BCUT2D eigenvalue weighted by atomic mass is 32.2. The molecule has 0 saturated carbocycles. The lowest BCUT2D eigenvalue weighted by Gasteiger charge is -2.18. The number of fused-ring (bicyclic) bond motifs is 1. The molecule has 7 heteroatoms. The summed E-state index contributed by atoms with van der Waals surface area (Å²) in [6.45, 7) is 1.06. The SMILES string of the molecule is CN(Cc1ccc(N(C)C)cc1)C(=O)c1cnc2n(c1=O)CCS2. The zero-order valence-corrected chi connectivity index (χ0v) is 14.8. The van der Waals surface area contributed by atoms with Gasteiger partial charge in [0.1, 0.15) is 5.56 Å². The fourth-order valence-corrected chi connectivity index (χ4v) is 3.53. The first-order valence-corrected chi connectivity index (χ1v) is 8.70. The number of hydrogen-bond donors (Lipinski definition) is 0. The number of carbonyl (C=O) groups is 1. The Morgan fingerprint density at radius 2 is 1.96 bits per heavy atom. The summed E-state index contributed by atoms with van der Waals surface area (Å²) in [4.78, 5) is 32.8. The van der Waals surface area contributed by atoms with Gasteiger partial charge in [-0.3, -0.25) is 14.2 Å². The Balaban J connectivity index is 1.77. The first-order chi connectivity index (χ1) is 11.5. The second kappa shape index (κ2) is 6.68. The van der Waals surface area contributed by atoms with E-state index >= 15 is 0 Å². The standard InChI is InChI=1S/C17H20N4O2S/c1-19(2)13-6-4-12(5-7-13)11-20(3)15(22)14-10-18-17-21(16(14)23)8-9-24-17/h4-7,10H,8-9,11H2,1-3H3. The number of benzene rings is 1. The number of nitrogens with zero attached hydrogens (tertiary/aromatic N) is 4. The highest BCUT2D eigenvalue weighted by Gasteiger charge is 2.22. The minimum Gasteiger partial charge on any atom is -0.378 e. The molecule has 1 amide bonds. The summed E-state index contributed by atoms with van der Waals surface area (Å²) in [5, 5.41) is 0.693. The fourth-order valence-electron chi connectivity index (χ4n) is 2.62. The van der Waals surface area contributed by atoms with Crippen molar-refractivity contribution < 1.29 is 4.79 Å². The molecule has 126 valence electrons. The van der Waals surface area contributed by atoms with Crippen LogP contribution >= 0.6 is 11.8 Å². The lowest BCUT2D eigenvalue weighted by Crippen LogP contribution is -2.34. The van der Waals surface area contributed by atoms with Crippen molar-refractivity contribution in [1.29, 1.82) is 0 Å². The molecule has 0 N–H and O–H groups in total.